The van der Waals surface area contributed by atoms with Crippen molar-refractivity contribution in [3.8, 4) is 0 Å². The minimum atomic E-state index is -0.584. The first kappa shape index (κ1) is 16.3. The zero-order chi connectivity index (χ0) is 14.6. The molecular formula is C14H21ClF2N2. The standard InChI is InChI=1S/C14H21ClF2N2/c1-14(2,3)18-5-6-19(4)9-10-7-13(17)11(15)8-12(10)16/h7-8,18H,5-6,9H2,1-4H3. The second-order valence-electron chi connectivity index (χ2n) is 5.77. The van der Waals surface area contributed by atoms with Crippen molar-refractivity contribution < 1.29 is 8.78 Å². The van der Waals surface area contributed by atoms with Crippen LogP contribution in [0.5, 0.6) is 0 Å². The molecule has 0 aromatic heterocycles. The van der Waals surface area contributed by atoms with Crippen LogP contribution in [0.3, 0.4) is 0 Å². The lowest BCUT2D eigenvalue weighted by molar-refractivity contribution is 0.299. The van der Waals surface area contributed by atoms with Gasteiger partial charge in [-0.15, -0.1) is 0 Å². The molecule has 0 atom stereocenters. The van der Waals surface area contributed by atoms with Crippen molar-refractivity contribution in [1.29, 1.82) is 0 Å². The predicted octanol–water partition coefficient (Wildman–Crippen LogP) is 3.44. The maximum Gasteiger partial charge on any atom is 0.142 e. The van der Waals surface area contributed by atoms with Gasteiger partial charge >= 0.3 is 0 Å². The molecule has 0 aliphatic carbocycles. The summed E-state index contributed by atoms with van der Waals surface area (Å²) in [7, 11) is 1.87. The number of likely N-dealkylation sites (N-methyl/N-ethyl adjacent to an activating group) is 1. The molecule has 0 amide bonds. The van der Waals surface area contributed by atoms with Crippen LogP contribution in [0.1, 0.15) is 26.3 Å². The maximum absolute atomic E-state index is 13.6. The van der Waals surface area contributed by atoms with E-state index in [2.05, 4.69) is 26.1 Å². The molecule has 5 heteroatoms. The Morgan fingerprint density at radius 3 is 2.42 bits per heavy atom. The van der Waals surface area contributed by atoms with E-state index in [0.717, 1.165) is 25.2 Å². The fourth-order valence-electron chi connectivity index (χ4n) is 1.68. The number of rotatable bonds is 5. The fourth-order valence-corrected chi connectivity index (χ4v) is 1.83. The predicted molar refractivity (Wildman–Crippen MR) is 75.5 cm³/mol. The monoisotopic (exact) mass is 290 g/mol. The molecule has 0 aliphatic rings. The van der Waals surface area contributed by atoms with Crippen LogP contribution in [0.2, 0.25) is 5.02 Å². The molecule has 1 aromatic carbocycles. The van der Waals surface area contributed by atoms with Gasteiger partial charge in [0, 0.05) is 30.7 Å². The van der Waals surface area contributed by atoms with E-state index >= 15 is 0 Å². The van der Waals surface area contributed by atoms with E-state index in [1.165, 1.54) is 0 Å². The number of halogens is 3. The Hall–Kier alpha value is -0.710. The molecule has 19 heavy (non-hydrogen) atoms. The van der Waals surface area contributed by atoms with Crippen LogP contribution in [0.4, 0.5) is 8.78 Å². The molecule has 0 bridgehead atoms. The van der Waals surface area contributed by atoms with Gasteiger partial charge in [0.25, 0.3) is 0 Å². The molecule has 1 rings (SSSR count). The zero-order valence-electron chi connectivity index (χ0n) is 11.9. The lowest BCUT2D eigenvalue weighted by atomic mass is 10.1. The first-order chi connectivity index (χ1) is 8.69. The third-order valence-electron chi connectivity index (χ3n) is 2.68. The molecular weight excluding hydrogens is 270 g/mol. The van der Waals surface area contributed by atoms with E-state index in [0.29, 0.717) is 12.1 Å². The highest BCUT2D eigenvalue weighted by molar-refractivity contribution is 6.30. The summed E-state index contributed by atoms with van der Waals surface area (Å²) in [6.07, 6.45) is 0. The number of benzene rings is 1. The van der Waals surface area contributed by atoms with E-state index < -0.39 is 11.6 Å². The second kappa shape index (κ2) is 6.64. The molecule has 0 heterocycles. The van der Waals surface area contributed by atoms with Crippen molar-refractivity contribution in [2.45, 2.75) is 32.9 Å². The van der Waals surface area contributed by atoms with Crippen LogP contribution in [-0.4, -0.2) is 30.6 Å². The van der Waals surface area contributed by atoms with Gasteiger partial charge in [0.2, 0.25) is 0 Å². The normalized spacial score (nSPS) is 12.2. The molecule has 0 fully saturated rings. The fraction of sp³-hybridized carbons (Fsp3) is 0.571. The Kier molecular flexibility index (Phi) is 5.71. The topological polar surface area (TPSA) is 15.3 Å². The van der Waals surface area contributed by atoms with E-state index in [1.807, 2.05) is 11.9 Å². The molecule has 1 aromatic rings. The SMILES string of the molecule is CN(CCNC(C)(C)C)Cc1cc(F)c(Cl)cc1F. The second-order valence-corrected chi connectivity index (χ2v) is 6.18. The summed E-state index contributed by atoms with van der Waals surface area (Å²) in [6.45, 7) is 8.15. The highest BCUT2D eigenvalue weighted by Crippen LogP contribution is 2.20. The van der Waals surface area contributed by atoms with Crippen LogP contribution in [0.25, 0.3) is 0 Å². The Labute approximate surface area is 118 Å². The largest absolute Gasteiger partial charge is 0.311 e. The van der Waals surface area contributed by atoms with Crippen molar-refractivity contribution in [1.82, 2.24) is 10.2 Å². The summed E-state index contributed by atoms with van der Waals surface area (Å²) in [4.78, 5) is 1.94. The van der Waals surface area contributed by atoms with Crippen LogP contribution in [0.15, 0.2) is 12.1 Å². The van der Waals surface area contributed by atoms with Crippen molar-refractivity contribution in [2.24, 2.45) is 0 Å². The van der Waals surface area contributed by atoms with E-state index in [9.17, 15) is 8.78 Å². The molecule has 0 saturated carbocycles. The minimum absolute atomic E-state index is 0.0540. The Balaban J connectivity index is 2.53. The number of hydrogen-bond donors (Lipinski definition) is 1. The van der Waals surface area contributed by atoms with Gasteiger partial charge < -0.3 is 10.2 Å². The number of hydrogen-bond acceptors (Lipinski definition) is 2. The average Bonchev–Trinajstić information content (AvgIpc) is 2.24. The van der Waals surface area contributed by atoms with Crippen LogP contribution < -0.4 is 5.32 Å². The lowest BCUT2D eigenvalue weighted by Gasteiger charge is -2.23. The number of nitrogens with one attached hydrogen (secondary N) is 1. The third kappa shape index (κ3) is 5.85. The lowest BCUT2D eigenvalue weighted by Crippen LogP contribution is -2.40. The highest BCUT2D eigenvalue weighted by Gasteiger charge is 2.12. The van der Waals surface area contributed by atoms with Gasteiger partial charge in [-0.3, -0.25) is 0 Å². The van der Waals surface area contributed by atoms with Crippen LogP contribution >= 0.6 is 11.6 Å². The maximum atomic E-state index is 13.6. The highest BCUT2D eigenvalue weighted by atomic mass is 35.5. The van der Waals surface area contributed by atoms with Crippen LogP contribution in [0, 0.1) is 11.6 Å². The summed E-state index contributed by atoms with van der Waals surface area (Å²) in [6, 6.07) is 2.18. The van der Waals surface area contributed by atoms with Gasteiger partial charge in [0.1, 0.15) is 11.6 Å². The summed E-state index contributed by atoms with van der Waals surface area (Å²) < 4.78 is 26.9. The van der Waals surface area contributed by atoms with Gasteiger partial charge in [0.05, 0.1) is 5.02 Å². The molecule has 1 N–H and O–H groups in total. The van der Waals surface area contributed by atoms with Crippen LogP contribution in [-0.2, 0) is 6.54 Å². The van der Waals surface area contributed by atoms with Gasteiger partial charge in [0.15, 0.2) is 0 Å². The van der Waals surface area contributed by atoms with E-state index in [-0.39, 0.29) is 10.6 Å². The summed E-state index contributed by atoms with van der Waals surface area (Å²) in [5, 5.41) is 3.16. The summed E-state index contributed by atoms with van der Waals surface area (Å²) in [5.74, 6) is -1.05. The van der Waals surface area contributed by atoms with E-state index in [4.69, 9.17) is 11.6 Å². The zero-order valence-corrected chi connectivity index (χ0v) is 12.6. The smallest absolute Gasteiger partial charge is 0.142 e. The number of nitrogens with zero attached hydrogens (tertiary/aromatic N) is 1. The van der Waals surface area contributed by atoms with Crippen molar-refractivity contribution in [3.63, 3.8) is 0 Å². The third-order valence-corrected chi connectivity index (χ3v) is 2.97. The summed E-state index contributed by atoms with van der Waals surface area (Å²) >= 11 is 5.52. The summed E-state index contributed by atoms with van der Waals surface area (Å²) in [5.41, 5.74) is 0.374. The quantitative estimate of drug-likeness (QED) is 0.836. The molecule has 2 nitrogen and oxygen atoms in total. The van der Waals surface area contributed by atoms with Crippen molar-refractivity contribution in [2.75, 3.05) is 20.1 Å². The molecule has 0 saturated heterocycles. The molecule has 0 spiro atoms. The molecule has 108 valence electrons. The molecule has 0 radical (unpaired) electrons. The van der Waals surface area contributed by atoms with Gasteiger partial charge in [-0.1, -0.05) is 11.6 Å². The van der Waals surface area contributed by atoms with E-state index in [1.54, 1.807) is 0 Å². The first-order valence-electron chi connectivity index (χ1n) is 6.26. The minimum Gasteiger partial charge on any atom is -0.311 e. The van der Waals surface area contributed by atoms with Gasteiger partial charge in [-0.2, -0.15) is 0 Å². The Bertz CT molecular complexity index is 430. The van der Waals surface area contributed by atoms with Crippen molar-refractivity contribution in [3.05, 3.63) is 34.4 Å². The Morgan fingerprint density at radius 2 is 1.84 bits per heavy atom. The first-order valence-corrected chi connectivity index (χ1v) is 6.64. The molecule has 0 unspecified atom stereocenters. The van der Waals surface area contributed by atoms with Gasteiger partial charge in [-0.25, -0.2) is 8.78 Å². The average molecular weight is 291 g/mol. The Morgan fingerprint density at radius 1 is 1.21 bits per heavy atom. The van der Waals surface area contributed by atoms with Gasteiger partial charge in [-0.05, 0) is 40.0 Å². The molecule has 0 aliphatic heterocycles. The van der Waals surface area contributed by atoms with Crippen molar-refractivity contribution >= 4 is 11.6 Å².